The van der Waals surface area contributed by atoms with Gasteiger partial charge < -0.3 is 5.32 Å². The van der Waals surface area contributed by atoms with Crippen LogP contribution in [0.3, 0.4) is 0 Å². The molecule has 2 aromatic rings. The summed E-state index contributed by atoms with van der Waals surface area (Å²) in [5, 5.41) is 2.70. The lowest BCUT2D eigenvalue weighted by atomic mass is 10.2. The maximum Gasteiger partial charge on any atom is 0.333 e. The van der Waals surface area contributed by atoms with Crippen molar-refractivity contribution in [3.05, 3.63) is 64.4 Å². The molecule has 2 rings (SSSR count). The third kappa shape index (κ3) is 4.24. The number of amides is 2. The van der Waals surface area contributed by atoms with Gasteiger partial charge in [0.25, 0.3) is 0 Å². The normalized spacial score (nSPS) is 9.90. The molecule has 0 unspecified atom stereocenters. The van der Waals surface area contributed by atoms with Crippen molar-refractivity contribution in [2.24, 2.45) is 0 Å². The molecule has 0 heterocycles. The zero-order valence-corrected chi connectivity index (χ0v) is 12.1. The fourth-order valence-corrected chi connectivity index (χ4v) is 1.99. The van der Waals surface area contributed by atoms with Crippen LogP contribution in [-0.4, -0.2) is 6.03 Å². The van der Waals surface area contributed by atoms with E-state index in [1.54, 1.807) is 0 Å². The maximum absolute atomic E-state index is 12.9. The first-order valence-electron chi connectivity index (χ1n) is 5.94. The predicted octanol–water partition coefficient (Wildman–Crippen LogP) is 3.41. The van der Waals surface area contributed by atoms with Gasteiger partial charge in [-0.1, -0.05) is 30.3 Å². The van der Waals surface area contributed by atoms with Gasteiger partial charge in [-0.2, -0.15) is 0 Å². The monoisotopic (exact) mass is 337 g/mol. The molecule has 20 heavy (non-hydrogen) atoms. The smallest absolute Gasteiger partial charge is 0.333 e. The minimum Gasteiger partial charge on any atom is -0.333 e. The van der Waals surface area contributed by atoms with Crippen molar-refractivity contribution >= 4 is 27.6 Å². The Labute approximate surface area is 124 Å². The zero-order valence-electron chi connectivity index (χ0n) is 10.5. The molecule has 104 valence electrons. The van der Waals surface area contributed by atoms with Crippen LogP contribution < -0.4 is 16.2 Å². The molecule has 0 aliphatic rings. The quantitative estimate of drug-likeness (QED) is 0.749. The number of nitrogens with one attached hydrogen (secondary N) is 3. The van der Waals surface area contributed by atoms with Crippen LogP contribution in [0.15, 0.2) is 53.0 Å². The van der Waals surface area contributed by atoms with E-state index in [9.17, 15) is 9.18 Å². The third-order valence-corrected chi connectivity index (χ3v) is 3.19. The third-order valence-electron chi connectivity index (χ3n) is 2.54. The zero-order chi connectivity index (χ0) is 14.4. The van der Waals surface area contributed by atoms with Gasteiger partial charge in [0.1, 0.15) is 5.82 Å². The number of anilines is 1. The van der Waals surface area contributed by atoms with E-state index in [2.05, 4.69) is 32.1 Å². The van der Waals surface area contributed by atoms with Crippen molar-refractivity contribution in [2.45, 2.75) is 6.54 Å². The number of carbonyl (C=O) groups is 1. The second-order valence-electron chi connectivity index (χ2n) is 4.04. The van der Waals surface area contributed by atoms with Crippen molar-refractivity contribution in [3.8, 4) is 0 Å². The summed E-state index contributed by atoms with van der Waals surface area (Å²) in [5.74, 6) is -0.351. The van der Waals surface area contributed by atoms with Crippen molar-refractivity contribution in [1.29, 1.82) is 0 Å². The van der Waals surface area contributed by atoms with Gasteiger partial charge in [0, 0.05) is 11.0 Å². The van der Waals surface area contributed by atoms with Crippen molar-refractivity contribution < 1.29 is 9.18 Å². The molecule has 0 spiro atoms. The van der Waals surface area contributed by atoms with Crippen LogP contribution in [-0.2, 0) is 6.54 Å². The average molecular weight is 338 g/mol. The number of hydrazine groups is 1. The molecule has 0 saturated heterocycles. The molecule has 0 bridgehead atoms. The van der Waals surface area contributed by atoms with Gasteiger partial charge in [-0.15, -0.1) is 0 Å². The lowest BCUT2D eigenvalue weighted by molar-refractivity contribution is 0.242. The number of urea groups is 1. The first kappa shape index (κ1) is 14.3. The summed E-state index contributed by atoms with van der Waals surface area (Å²) >= 11 is 3.20. The molecule has 0 aliphatic heterocycles. The van der Waals surface area contributed by atoms with Gasteiger partial charge in [0.2, 0.25) is 0 Å². The van der Waals surface area contributed by atoms with E-state index < -0.39 is 0 Å². The van der Waals surface area contributed by atoms with Crippen LogP contribution in [0.1, 0.15) is 5.56 Å². The van der Waals surface area contributed by atoms with Gasteiger partial charge in [-0.25, -0.2) is 9.18 Å². The Morgan fingerprint density at radius 2 is 1.90 bits per heavy atom. The van der Waals surface area contributed by atoms with Gasteiger partial charge in [-0.3, -0.25) is 10.9 Å². The van der Waals surface area contributed by atoms with Gasteiger partial charge in [0.15, 0.2) is 0 Å². The van der Waals surface area contributed by atoms with Gasteiger partial charge in [-0.05, 0) is 39.7 Å². The summed E-state index contributed by atoms with van der Waals surface area (Å²) in [7, 11) is 0. The Bertz CT molecular complexity index is 592. The Kier molecular flexibility index (Phi) is 4.95. The van der Waals surface area contributed by atoms with Crippen LogP contribution >= 0.6 is 15.9 Å². The average Bonchev–Trinajstić information content (AvgIpc) is 2.45. The standard InChI is InChI=1S/C14H13BrFN3O/c15-12-8-11(16)6-7-13(12)18-19-14(20)17-9-10-4-2-1-3-5-10/h1-8,18H,9H2,(H2,17,19,20). The summed E-state index contributed by atoms with van der Waals surface area (Å²) in [5.41, 5.74) is 6.75. The minimum atomic E-state index is -0.370. The molecule has 0 aromatic heterocycles. The molecule has 2 amide bonds. The van der Waals surface area contributed by atoms with E-state index in [0.717, 1.165) is 5.56 Å². The number of hydrogen-bond donors (Lipinski definition) is 3. The molecule has 0 fully saturated rings. The Morgan fingerprint density at radius 3 is 2.60 bits per heavy atom. The largest absolute Gasteiger partial charge is 0.333 e. The van der Waals surface area contributed by atoms with Crippen LogP contribution in [0.5, 0.6) is 0 Å². The highest BCUT2D eigenvalue weighted by Gasteiger charge is 2.03. The Hall–Kier alpha value is -2.08. The van der Waals surface area contributed by atoms with E-state index in [-0.39, 0.29) is 11.8 Å². The molecule has 0 atom stereocenters. The molecular formula is C14H13BrFN3O. The van der Waals surface area contributed by atoms with Crippen molar-refractivity contribution in [3.63, 3.8) is 0 Å². The first-order chi connectivity index (χ1) is 9.65. The number of halogens is 2. The van der Waals surface area contributed by atoms with E-state index in [1.165, 1.54) is 18.2 Å². The summed E-state index contributed by atoms with van der Waals surface area (Å²) in [6, 6.07) is 13.3. The number of benzene rings is 2. The topological polar surface area (TPSA) is 53.2 Å². The first-order valence-corrected chi connectivity index (χ1v) is 6.73. The Morgan fingerprint density at radius 1 is 1.15 bits per heavy atom. The second-order valence-corrected chi connectivity index (χ2v) is 4.90. The Balaban J connectivity index is 1.80. The summed E-state index contributed by atoms with van der Waals surface area (Å²) in [6.45, 7) is 0.430. The summed E-state index contributed by atoms with van der Waals surface area (Å²) in [4.78, 5) is 11.6. The second kappa shape index (κ2) is 6.91. The lowest BCUT2D eigenvalue weighted by Crippen LogP contribution is -2.38. The summed E-state index contributed by atoms with van der Waals surface area (Å²) < 4.78 is 13.4. The van der Waals surface area contributed by atoms with Gasteiger partial charge >= 0.3 is 6.03 Å². The van der Waals surface area contributed by atoms with Crippen molar-refractivity contribution in [2.75, 3.05) is 5.43 Å². The predicted molar refractivity (Wildman–Crippen MR) is 79.5 cm³/mol. The molecule has 0 saturated carbocycles. The van der Waals surface area contributed by atoms with E-state index >= 15 is 0 Å². The van der Waals surface area contributed by atoms with E-state index in [4.69, 9.17) is 0 Å². The molecular weight excluding hydrogens is 325 g/mol. The SMILES string of the molecule is O=C(NCc1ccccc1)NNc1ccc(F)cc1Br. The molecule has 3 N–H and O–H groups in total. The summed E-state index contributed by atoms with van der Waals surface area (Å²) in [6.07, 6.45) is 0. The minimum absolute atomic E-state index is 0.351. The highest BCUT2D eigenvalue weighted by atomic mass is 79.9. The number of hydrogen-bond acceptors (Lipinski definition) is 2. The van der Waals surface area contributed by atoms with Crippen LogP contribution in [0.2, 0.25) is 0 Å². The maximum atomic E-state index is 12.9. The number of rotatable bonds is 4. The molecule has 2 aromatic carbocycles. The highest BCUT2D eigenvalue weighted by Crippen LogP contribution is 2.22. The molecule has 6 heteroatoms. The van der Waals surface area contributed by atoms with E-state index in [1.807, 2.05) is 30.3 Å². The fraction of sp³-hybridized carbons (Fsp3) is 0.0714. The van der Waals surface area contributed by atoms with Crippen molar-refractivity contribution in [1.82, 2.24) is 10.7 Å². The highest BCUT2D eigenvalue weighted by molar-refractivity contribution is 9.10. The fourth-order valence-electron chi connectivity index (χ4n) is 1.54. The molecule has 0 radical (unpaired) electrons. The van der Waals surface area contributed by atoms with Crippen LogP contribution in [0.4, 0.5) is 14.9 Å². The van der Waals surface area contributed by atoms with Crippen LogP contribution in [0, 0.1) is 5.82 Å². The molecule has 4 nitrogen and oxygen atoms in total. The van der Waals surface area contributed by atoms with E-state index in [0.29, 0.717) is 16.7 Å². The van der Waals surface area contributed by atoms with Crippen LogP contribution in [0.25, 0.3) is 0 Å². The number of carbonyl (C=O) groups excluding carboxylic acids is 1. The lowest BCUT2D eigenvalue weighted by Gasteiger charge is -2.11. The van der Waals surface area contributed by atoms with Gasteiger partial charge in [0.05, 0.1) is 5.69 Å². The molecule has 0 aliphatic carbocycles.